The van der Waals surface area contributed by atoms with Crippen molar-refractivity contribution < 1.29 is 4.39 Å². The molecule has 3 aromatic rings. The summed E-state index contributed by atoms with van der Waals surface area (Å²) < 4.78 is 15.0. The van der Waals surface area contributed by atoms with E-state index in [4.69, 9.17) is 5.73 Å². The van der Waals surface area contributed by atoms with Crippen molar-refractivity contribution >= 4 is 5.52 Å². The van der Waals surface area contributed by atoms with Crippen LogP contribution >= 0.6 is 0 Å². The molecule has 4 heteroatoms. The molecule has 0 aliphatic carbocycles. The second kappa shape index (κ2) is 4.82. The number of aromatic nitrogens is 2. The molecule has 0 aliphatic heterocycles. The van der Waals surface area contributed by atoms with Crippen LogP contribution in [0.4, 0.5) is 4.39 Å². The van der Waals surface area contributed by atoms with Crippen molar-refractivity contribution in [3.63, 3.8) is 0 Å². The molecule has 96 valence electrons. The van der Waals surface area contributed by atoms with Crippen LogP contribution in [0.3, 0.4) is 0 Å². The Bertz CT molecular complexity index is 701. The highest BCUT2D eigenvalue weighted by Gasteiger charge is 2.11. The third-order valence-electron chi connectivity index (χ3n) is 3.11. The minimum atomic E-state index is -0.241. The van der Waals surface area contributed by atoms with Gasteiger partial charge in [0.1, 0.15) is 11.6 Å². The van der Waals surface area contributed by atoms with Gasteiger partial charge >= 0.3 is 0 Å². The zero-order valence-electron chi connectivity index (χ0n) is 10.4. The average molecular weight is 255 g/mol. The standard InChI is InChI=1S/C15H14FN3/c16-12-6-4-11(5-7-12)15-13-3-1-2-10-19(13)14(18-15)8-9-17/h1-7,10H,8-9,17H2. The van der Waals surface area contributed by atoms with Crippen molar-refractivity contribution in [1.29, 1.82) is 0 Å². The van der Waals surface area contributed by atoms with Crippen LogP contribution in [0.15, 0.2) is 48.7 Å². The molecular weight excluding hydrogens is 241 g/mol. The highest BCUT2D eigenvalue weighted by Crippen LogP contribution is 2.25. The van der Waals surface area contributed by atoms with E-state index in [9.17, 15) is 4.39 Å². The van der Waals surface area contributed by atoms with Gasteiger partial charge in [-0.1, -0.05) is 6.07 Å². The van der Waals surface area contributed by atoms with Crippen LogP contribution in [-0.4, -0.2) is 15.9 Å². The van der Waals surface area contributed by atoms with Gasteiger partial charge in [-0.05, 0) is 42.9 Å². The molecule has 0 aliphatic rings. The van der Waals surface area contributed by atoms with Crippen molar-refractivity contribution in [2.45, 2.75) is 6.42 Å². The number of benzene rings is 1. The molecule has 3 rings (SSSR count). The zero-order valence-corrected chi connectivity index (χ0v) is 10.4. The van der Waals surface area contributed by atoms with Gasteiger partial charge in [0.15, 0.2) is 0 Å². The highest BCUT2D eigenvalue weighted by atomic mass is 19.1. The second-order valence-corrected chi connectivity index (χ2v) is 4.38. The van der Waals surface area contributed by atoms with Crippen LogP contribution in [0, 0.1) is 5.82 Å². The summed E-state index contributed by atoms with van der Waals surface area (Å²) in [5.74, 6) is 0.687. The van der Waals surface area contributed by atoms with Crippen molar-refractivity contribution in [1.82, 2.24) is 9.38 Å². The van der Waals surface area contributed by atoms with E-state index in [2.05, 4.69) is 4.98 Å². The van der Waals surface area contributed by atoms with Gasteiger partial charge in [-0.3, -0.25) is 0 Å². The minimum absolute atomic E-state index is 0.241. The molecule has 2 N–H and O–H groups in total. The molecule has 2 aromatic heterocycles. The zero-order chi connectivity index (χ0) is 13.2. The van der Waals surface area contributed by atoms with Gasteiger partial charge < -0.3 is 10.1 Å². The van der Waals surface area contributed by atoms with Gasteiger partial charge in [-0.15, -0.1) is 0 Å². The van der Waals surface area contributed by atoms with Crippen molar-refractivity contribution in [3.8, 4) is 11.3 Å². The van der Waals surface area contributed by atoms with E-state index in [-0.39, 0.29) is 5.82 Å². The van der Waals surface area contributed by atoms with Crippen LogP contribution in [0.2, 0.25) is 0 Å². The third kappa shape index (κ3) is 2.11. The molecule has 0 saturated heterocycles. The van der Waals surface area contributed by atoms with E-state index in [1.165, 1.54) is 12.1 Å². The van der Waals surface area contributed by atoms with Crippen LogP contribution in [0.1, 0.15) is 5.82 Å². The summed E-state index contributed by atoms with van der Waals surface area (Å²) in [6.07, 6.45) is 2.69. The first kappa shape index (κ1) is 11.9. The number of hydrogen-bond acceptors (Lipinski definition) is 2. The third-order valence-corrected chi connectivity index (χ3v) is 3.11. The average Bonchev–Trinajstić information content (AvgIpc) is 2.80. The van der Waals surface area contributed by atoms with E-state index in [0.29, 0.717) is 13.0 Å². The molecule has 0 fully saturated rings. The van der Waals surface area contributed by atoms with E-state index in [1.807, 2.05) is 28.8 Å². The molecule has 2 heterocycles. The fourth-order valence-corrected chi connectivity index (χ4v) is 2.23. The normalized spacial score (nSPS) is 11.1. The van der Waals surface area contributed by atoms with Gasteiger partial charge in [0.05, 0.1) is 11.2 Å². The number of halogens is 1. The molecule has 1 aromatic carbocycles. The summed E-state index contributed by atoms with van der Waals surface area (Å²) in [7, 11) is 0. The van der Waals surface area contributed by atoms with Crippen molar-refractivity contribution in [3.05, 3.63) is 60.3 Å². The molecule has 0 bridgehead atoms. The van der Waals surface area contributed by atoms with Gasteiger partial charge in [-0.25, -0.2) is 9.37 Å². The number of imidazole rings is 1. The number of nitrogens with zero attached hydrogens (tertiary/aromatic N) is 2. The molecular formula is C15H14FN3. The Morgan fingerprint density at radius 3 is 2.63 bits per heavy atom. The number of fused-ring (bicyclic) bond motifs is 1. The summed E-state index contributed by atoms with van der Waals surface area (Å²) >= 11 is 0. The Morgan fingerprint density at radius 1 is 1.11 bits per heavy atom. The SMILES string of the molecule is NCCc1nc(-c2ccc(F)cc2)c2ccccn12. The molecule has 0 unspecified atom stereocenters. The minimum Gasteiger partial charge on any atom is -0.330 e. The summed E-state index contributed by atoms with van der Waals surface area (Å²) in [6, 6.07) is 12.3. The lowest BCUT2D eigenvalue weighted by atomic mass is 10.1. The Hall–Kier alpha value is -2.20. The molecule has 0 radical (unpaired) electrons. The fourth-order valence-electron chi connectivity index (χ4n) is 2.23. The Kier molecular flexibility index (Phi) is 3.01. The number of rotatable bonds is 3. The van der Waals surface area contributed by atoms with Gasteiger partial charge in [-0.2, -0.15) is 0 Å². The largest absolute Gasteiger partial charge is 0.330 e. The van der Waals surface area contributed by atoms with Crippen LogP contribution in [0.25, 0.3) is 16.8 Å². The second-order valence-electron chi connectivity index (χ2n) is 4.38. The predicted octanol–water partition coefficient (Wildman–Crippen LogP) is 2.64. The maximum Gasteiger partial charge on any atom is 0.123 e. The topological polar surface area (TPSA) is 43.3 Å². The molecule has 0 saturated carbocycles. The molecule has 0 atom stereocenters. The summed E-state index contributed by atoms with van der Waals surface area (Å²) in [6.45, 7) is 0.552. The number of pyridine rings is 1. The molecule has 19 heavy (non-hydrogen) atoms. The number of nitrogens with two attached hydrogens (primary N) is 1. The first-order valence-electron chi connectivity index (χ1n) is 6.21. The first-order valence-corrected chi connectivity index (χ1v) is 6.21. The Morgan fingerprint density at radius 2 is 1.89 bits per heavy atom. The fraction of sp³-hybridized carbons (Fsp3) is 0.133. The molecule has 0 amide bonds. The lowest BCUT2D eigenvalue weighted by Gasteiger charge is -1.99. The van der Waals surface area contributed by atoms with Crippen LogP contribution < -0.4 is 5.73 Å². The quantitative estimate of drug-likeness (QED) is 0.781. The van der Waals surface area contributed by atoms with Gasteiger partial charge in [0.25, 0.3) is 0 Å². The van der Waals surface area contributed by atoms with E-state index in [1.54, 1.807) is 12.1 Å². The summed E-state index contributed by atoms with van der Waals surface area (Å²) in [5, 5.41) is 0. The van der Waals surface area contributed by atoms with E-state index >= 15 is 0 Å². The lowest BCUT2D eigenvalue weighted by Crippen LogP contribution is -2.06. The first-order chi connectivity index (χ1) is 9.29. The number of hydrogen-bond donors (Lipinski definition) is 1. The Balaban J connectivity index is 2.20. The van der Waals surface area contributed by atoms with E-state index in [0.717, 1.165) is 22.6 Å². The summed E-state index contributed by atoms with van der Waals surface area (Å²) in [4.78, 5) is 4.64. The van der Waals surface area contributed by atoms with Gasteiger partial charge in [0.2, 0.25) is 0 Å². The van der Waals surface area contributed by atoms with Crippen LogP contribution in [-0.2, 0) is 6.42 Å². The van der Waals surface area contributed by atoms with Crippen molar-refractivity contribution in [2.75, 3.05) is 6.54 Å². The van der Waals surface area contributed by atoms with Crippen LogP contribution in [0.5, 0.6) is 0 Å². The molecule has 0 spiro atoms. The highest BCUT2D eigenvalue weighted by molar-refractivity contribution is 5.77. The van der Waals surface area contributed by atoms with E-state index < -0.39 is 0 Å². The maximum absolute atomic E-state index is 13.0. The maximum atomic E-state index is 13.0. The van der Waals surface area contributed by atoms with Gasteiger partial charge in [0, 0.05) is 18.2 Å². The predicted molar refractivity (Wildman–Crippen MR) is 73.3 cm³/mol. The molecule has 3 nitrogen and oxygen atoms in total. The summed E-state index contributed by atoms with van der Waals surface area (Å²) in [5.41, 5.74) is 8.40. The monoisotopic (exact) mass is 255 g/mol. The smallest absolute Gasteiger partial charge is 0.123 e. The Labute approximate surface area is 110 Å². The lowest BCUT2D eigenvalue weighted by molar-refractivity contribution is 0.628. The van der Waals surface area contributed by atoms with Crippen molar-refractivity contribution in [2.24, 2.45) is 5.73 Å².